The van der Waals surface area contributed by atoms with Crippen molar-refractivity contribution in [1.82, 2.24) is 29.3 Å². The first-order valence-electron chi connectivity index (χ1n) is 10.9. The van der Waals surface area contributed by atoms with Crippen LogP contribution in [0.2, 0.25) is 39.3 Å². The van der Waals surface area contributed by atoms with Crippen molar-refractivity contribution in [3.8, 4) is 35.8 Å². The Morgan fingerprint density at radius 3 is 1.43 bits per heavy atom. The van der Waals surface area contributed by atoms with Crippen LogP contribution in [0.1, 0.15) is 12.6 Å². The Balaban J connectivity index is -0.0000000950. The summed E-state index contributed by atoms with van der Waals surface area (Å²) in [4.78, 5) is 11.2. The van der Waals surface area contributed by atoms with Crippen molar-refractivity contribution >= 4 is 45.2 Å². The summed E-state index contributed by atoms with van der Waals surface area (Å²) in [5.41, 5.74) is 7.87. The molecule has 0 amide bonds. The van der Waals surface area contributed by atoms with E-state index >= 15 is 0 Å². The van der Waals surface area contributed by atoms with Gasteiger partial charge in [-0.1, -0.05) is 51.1 Å². The number of hydrogen-bond acceptors (Lipinski definition) is 6. The minimum atomic E-state index is -1.23. The average Bonchev–Trinajstić information content (AvgIpc) is 3.54. The number of nitrogens with zero attached hydrogens (tertiary/aromatic N) is 6. The predicted molar refractivity (Wildman–Crippen MR) is 163 cm³/mol. The van der Waals surface area contributed by atoms with Crippen LogP contribution in [0.5, 0.6) is 0 Å². The fourth-order valence-corrected chi connectivity index (χ4v) is 2.68. The van der Waals surface area contributed by atoms with Gasteiger partial charge in [0.15, 0.2) is 0 Å². The molecule has 0 spiro atoms. The van der Waals surface area contributed by atoms with E-state index in [0.29, 0.717) is 0 Å². The first-order valence-corrected chi connectivity index (χ1v) is 19.0. The van der Waals surface area contributed by atoms with Crippen LogP contribution in [-0.2, 0) is 30.8 Å². The van der Waals surface area contributed by atoms with Gasteiger partial charge in [0.1, 0.15) is 16.1 Å². The second kappa shape index (κ2) is 27.9. The van der Waals surface area contributed by atoms with Crippen molar-refractivity contribution < 1.29 is 124 Å². The Morgan fingerprint density at radius 2 is 1.25 bits per heavy atom. The molecular weight excluding hydrogens is 713 g/mol. The maximum absolute atomic E-state index is 8.64. The Bertz CT molecular complexity index is 1200. The van der Waals surface area contributed by atoms with E-state index in [1.54, 1.807) is 32.6 Å². The van der Waals surface area contributed by atoms with Gasteiger partial charge in [0.05, 0.1) is 33.3 Å². The molecule has 0 aromatic carbocycles. The maximum Gasteiger partial charge on any atom is 1.00 e. The topological polar surface area (TPSA) is 103 Å². The fraction of sp³-hybridized carbons (Fsp3) is 0.360. The molecule has 0 N–H and O–H groups in total. The smallest absolute Gasteiger partial charge is 1.00 e. The molecule has 0 bridgehead atoms. The minimum absolute atomic E-state index is 0. The van der Waals surface area contributed by atoms with Crippen LogP contribution >= 0.6 is 22.6 Å². The molecule has 0 fully saturated rings. The summed E-state index contributed by atoms with van der Waals surface area (Å²) in [6.45, 7) is 13.0. The quantitative estimate of drug-likeness (QED) is 0.0670. The summed E-state index contributed by atoms with van der Waals surface area (Å²) >= 11 is 2.22. The molecule has 40 heavy (non-hydrogen) atoms. The number of hydrogen-bond donors (Lipinski definition) is 0. The number of aromatic nitrogens is 6. The molecule has 3 rings (SSSR count). The van der Waals surface area contributed by atoms with Crippen molar-refractivity contribution in [2.24, 2.45) is 21.1 Å². The van der Waals surface area contributed by atoms with Crippen LogP contribution in [-0.4, -0.2) is 52.0 Å². The molecule has 0 aliphatic carbocycles. The molecule has 0 saturated carbocycles. The molecule has 0 radical (unpaired) electrons. The molecule has 0 aliphatic rings. The van der Waals surface area contributed by atoms with Gasteiger partial charge in [-0.3, -0.25) is 23.5 Å². The summed E-state index contributed by atoms with van der Waals surface area (Å²) in [6.07, 6.45) is 21.1. The zero-order chi connectivity index (χ0) is 29.1. The van der Waals surface area contributed by atoms with E-state index in [2.05, 4.69) is 105 Å². The standard InChI is InChI=1S/C9H14N2Si.C6H6N2.C5H10Si.C4H5IN2.CH2O3.FH.2K.H/c1-11-8-9(7-10-11)5-6-12(2,3)4;1-3-6-4-7-8(2)5-6;1-5-6(2,3)4;1-7-3-4(5)2-6-7;2-1-4-3;;;;/h7-8H,1-4H3;1,4-5H,2H3;1H,2-4H3;2-3H,1H3;1,3H;1H;;;/q;;;;;;2*+1;-1/p-1. The van der Waals surface area contributed by atoms with E-state index in [0.717, 1.165) is 11.1 Å². The molecule has 15 heteroatoms. The van der Waals surface area contributed by atoms with Crippen LogP contribution in [0, 0.1) is 39.3 Å². The van der Waals surface area contributed by atoms with Crippen molar-refractivity contribution in [3.05, 3.63) is 51.9 Å². The normalized spacial score (nSPS) is 8.62. The van der Waals surface area contributed by atoms with Gasteiger partial charge < -0.3 is 11.6 Å². The number of carbonyl (C=O) groups excluding carboxylic acids is 1. The van der Waals surface area contributed by atoms with E-state index in [-0.39, 0.29) is 115 Å². The molecule has 0 saturated heterocycles. The van der Waals surface area contributed by atoms with E-state index in [9.17, 15) is 0 Å². The Kier molecular flexibility index (Phi) is 34.7. The zero-order valence-electron chi connectivity index (χ0n) is 26.4. The molecule has 0 unspecified atom stereocenters. The minimum Gasteiger partial charge on any atom is -1.00 e. The second-order valence-corrected chi connectivity index (χ2v) is 20.2. The van der Waals surface area contributed by atoms with Gasteiger partial charge in [0, 0.05) is 39.7 Å². The van der Waals surface area contributed by atoms with Crippen molar-refractivity contribution in [2.75, 3.05) is 0 Å². The third-order valence-corrected chi connectivity index (χ3v) is 5.60. The van der Waals surface area contributed by atoms with Crippen molar-refractivity contribution in [3.63, 3.8) is 0 Å². The summed E-state index contributed by atoms with van der Waals surface area (Å²) in [7, 11) is 3.31. The molecule has 3 heterocycles. The van der Waals surface area contributed by atoms with Gasteiger partial charge in [-0.2, -0.15) is 15.3 Å². The Hall–Kier alpha value is 0.106. The second-order valence-electron chi connectivity index (χ2n) is 9.37. The Labute approximate surface area is 340 Å². The van der Waals surface area contributed by atoms with Crippen molar-refractivity contribution in [1.29, 1.82) is 0 Å². The monoisotopic (exact) mass is 750 g/mol. The van der Waals surface area contributed by atoms with Gasteiger partial charge in [0.25, 0.3) is 6.47 Å². The first-order chi connectivity index (χ1) is 17.1. The maximum atomic E-state index is 8.64. The van der Waals surface area contributed by atoms with Gasteiger partial charge in [-0.15, -0.1) is 23.9 Å². The van der Waals surface area contributed by atoms with Crippen LogP contribution in [0.4, 0.5) is 4.70 Å². The summed E-state index contributed by atoms with van der Waals surface area (Å²) in [6, 6.07) is 0. The van der Waals surface area contributed by atoms with Crippen LogP contribution in [0.15, 0.2) is 37.2 Å². The van der Waals surface area contributed by atoms with Crippen LogP contribution in [0.3, 0.4) is 0 Å². The Morgan fingerprint density at radius 1 is 0.875 bits per heavy atom. The number of aryl methyl sites for hydroxylation is 3. The SMILES string of the molecule is C#C[Si](C)(C)C.C#Cc1cnn(C)c1.Cn1cc(C#C[Si](C)(C)C)cn1.Cn1cc(I)cn1.F.O=CO[O-].[H-].[K+].[K+]. The average molecular weight is 751 g/mol. The third kappa shape index (κ3) is 34.3. The molecular formula is C25H38FIK2N6O3Si2. The van der Waals surface area contributed by atoms with Crippen molar-refractivity contribution in [2.45, 2.75) is 39.3 Å². The van der Waals surface area contributed by atoms with Gasteiger partial charge in [-0.05, 0) is 22.6 Å². The number of halogens is 2. The molecule has 3 aromatic heterocycles. The van der Waals surface area contributed by atoms with E-state index < -0.39 is 16.1 Å². The zero-order valence-corrected chi connectivity index (χ0v) is 35.8. The summed E-state index contributed by atoms with van der Waals surface area (Å²) < 4.78 is 6.41. The molecule has 0 aliphatic heterocycles. The summed E-state index contributed by atoms with van der Waals surface area (Å²) in [5.74, 6) is 5.60. The number of rotatable bonds is 1. The molecule has 210 valence electrons. The third-order valence-electron chi connectivity index (χ3n) is 3.30. The van der Waals surface area contributed by atoms with Crippen LogP contribution < -0.4 is 108 Å². The van der Waals surface area contributed by atoms with Gasteiger partial charge >= 0.3 is 103 Å². The van der Waals surface area contributed by atoms with E-state index in [1.807, 2.05) is 39.7 Å². The van der Waals surface area contributed by atoms with E-state index in [1.165, 1.54) is 3.57 Å². The number of carbonyl (C=O) groups is 1. The first kappa shape index (κ1) is 49.8. The molecule has 0 atom stereocenters. The molecule has 3 aromatic rings. The van der Waals surface area contributed by atoms with Crippen LogP contribution in [0.25, 0.3) is 0 Å². The largest absolute Gasteiger partial charge is 1.00 e. The van der Waals surface area contributed by atoms with E-state index in [4.69, 9.17) is 22.9 Å². The predicted octanol–water partition coefficient (Wildman–Crippen LogP) is -2.72. The fourth-order valence-electron chi connectivity index (χ4n) is 1.63. The summed E-state index contributed by atoms with van der Waals surface area (Å²) in [5, 5.41) is 20.3. The number of terminal acetylenes is 2. The van der Waals surface area contributed by atoms with Gasteiger partial charge in [-0.25, -0.2) is 0 Å². The molecule has 9 nitrogen and oxygen atoms in total. The van der Waals surface area contributed by atoms with Gasteiger partial charge in [0.2, 0.25) is 0 Å².